The van der Waals surface area contributed by atoms with Gasteiger partial charge < -0.3 is 9.26 Å². The molecule has 3 heteroatoms. The molecule has 1 aromatic heterocycles. The fourth-order valence-electron chi connectivity index (χ4n) is 0.586. The summed E-state index contributed by atoms with van der Waals surface area (Å²) in [4.78, 5) is 0. The fraction of sp³-hybridized carbons (Fsp3) is 0.625. The largest absolute Gasteiger partial charge is 0.378 e. The molecule has 0 saturated carbocycles. The number of aryl methyl sites for hydroxylation is 1. The highest BCUT2D eigenvalue weighted by atomic mass is 16.5. The molecule has 64 valence electrons. The van der Waals surface area contributed by atoms with Crippen molar-refractivity contribution >= 4 is 0 Å². The number of ether oxygens (including phenoxy) is 1. The van der Waals surface area contributed by atoms with Crippen LogP contribution in [0.25, 0.3) is 0 Å². The lowest BCUT2D eigenvalue weighted by Crippen LogP contribution is -1.88. The molecule has 1 rings (SSSR count). The van der Waals surface area contributed by atoms with Crippen molar-refractivity contribution in [2.45, 2.75) is 27.4 Å². The van der Waals surface area contributed by atoms with Crippen LogP contribution < -0.4 is 0 Å². The first kappa shape index (κ1) is 10.2. The quantitative estimate of drug-likeness (QED) is 0.659. The molecular weight excluding hydrogens is 142 g/mol. The first-order valence-corrected chi connectivity index (χ1v) is 3.73. The minimum atomic E-state index is 0.530. The summed E-state index contributed by atoms with van der Waals surface area (Å²) in [6, 6.07) is 0. The molecular formula is C8H15NO2. The van der Waals surface area contributed by atoms with E-state index >= 15 is 0 Å². The Morgan fingerprint density at radius 1 is 1.55 bits per heavy atom. The van der Waals surface area contributed by atoms with Crippen molar-refractivity contribution in [2.24, 2.45) is 0 Å². The van der Waals surface area contributed by atoms with Gasteiger partial charge in [0.15, 0.2) is 0 Å². The van der Waals surface area contributed by atoms with E-state index in [1.54, 1.807) is 13.4 Å². The number of hydrogen-bond donors (Lipinski definition) is 0. The average Bonchev–Trinajstić information content (AvgIpc) is 2.42. The van der Waals surface area contributed by atoms with Crippen molar-refractivity contribution in [3.05, 3.63) is 17.5 Å². The van der Waals surface area contributed by atoms with Crippen LogP contribution in [0.1, 0.15) is 25.1 Å². The smallest absolute Gasteiger partial charge is 0.127 e. The summed E-state index contributed by atoms with van der Waals surface area (Å²) < 4.78 is 9.51. The first-order chi connectivity index (χ1) is 5.34. The van der Waals surface area contributed by atoms with E-state index in [2.05, 4.69) is 9.68 Å². The zero-order valence-electron chi connectivity index (χ0n) is 7.55. The van der Waals surface area contributed by atoms with Crippen molar-refractivity contribution in [1.29, 1.82) is 0 Å². The van der Waals surface area contributed by atoms with Gasteiger partial charge in [0, 0.05) is 12.7 Å². The SMILES string of the molecule is CC.COCc1nocc1C. The van der Waals surface area contributed by atoms with Gasteiger partial charge in [0.05, 0.1) is 6.61 Å². The van der Waals surface area contributed by atoms with Gasteiger partial charge in [-0.3, -0.25) is 0 Å². The molecule has 0 atom stereocenters. The summed E-state index contributed by atoms with van der Waals surface area (Å²) in [6.45, 7) is 6.47. The van der Waals surface area contributed by atoms with Crippen molar-refractivity contribution in [1.82, 2.24) is 5.16 Å². The summed E-state index contributed by atoms with van der Waals surface area (Å²) in [7, 11) is 1.63. The van der Waals surface area contributed by atoms with E-state index in [1.807, 2.05) is 20.8 Å². The predicted octanol–water partition coefficient (Wildman–Crippen LogP) is 2.16. The number of methoxy groups -OCH3 is 1. The third-order valence-electron chi connectivity index (χ3n) is 1.13. The molecule has 0 aliphatic rings. The van der Waals surface area contributed by atoms with Crippen LogP contribution in [0.3, 0.4) is 0 Å². The van der Waals surface area contributed by atoms with E-state index in [1.165, 1.54) is 0 Å². The Kier molecular flexibility index (Phi) is 5.47. The van der Waals surface area contributed by atoms with Crippen LogP contribution in [-0.4, -0.2) is 12.3 Å². The zero-order chi connectivity index (χ0) is 8.69. The number of hydrogen-bond acceptors (Lipinski definition) is 3. The summed E-state index contributed by atoms with van der Waals surface area (Å²) >= 11 is 0. The maximum atomic E-state index is 4.84. The normalized spacial score (nSPS) is 8.73. The summed E-state index contributed by atoms with van der Waals surface area (Å²) in [5.41, 5.74) is 1.91. The van der Waals surface area contributed by atoms with Crippen molar-refractivity contribution < 1.29 is 9.26 Å². The van der Waals surface area contributed by atoms with Gasteiger partial charge in [-0.1, -0.05) is 19.0 Å². The lowest BCUT2D eigenvalue weighted by atomic mass is 10.3. The van der Waals surface area contributed by atoms with Gasteiger partial charge in [-0.05, 0) is 6.92 Å². The van der Waals surface area contributed by atoms with Gasteiger partial charge in [0.2, 0.25) is 0 Å². The molecule has 0 fully saturated rings. The second kappa shape index (κ2) is 5.92. The van der Waals surface area contributed by atoms with Gasteiger partial charge in [-0.25, -0.2) is 0 Å². The number of aromatic nitrogens is 1. The van der Waals surface area contributed by atoms with E-state index in [4.69, 9.17) is 4.74 Å². The summed E-state index contributed by atoms with van der Waals surface area (Å²) in [6.07, 6.45) is 1.61. The first-order valence-electron chi connectivity index (χ1n) is 3.73. The average molecular weight is 157 g/mol. The molecule has 0 radical (unpaired) electrons. The van der Waals surface area contributed by atoms with Crippen LogP contribution in [0.2, 0.25) is 0 Å². The molecule has 11 heavy (non-hydrogen) atoms. The maximum absolute atomic E-state index is 4.84. The molecule has 0 unspecified atom stereocenters. The minimum Gasteiger partial charge on any atom is -0.378 e. The molecule has 0 aliphatic carbocycles. The van der Waals surface area contributed by atoms with Gasteiger partial charge in [-0.2, -0.15) is 0 Å². The highest BCUT2D eigenvalue weighted by Gasteiger charge is 1.99. The van der Waals surface area contributed by atoms with Crippen LogP contribution in [0.15, 0.2) is 10.8 Å². The Morgan fingerprint density at radius 2 is 2.18 bits per heavy atom. The van der Waals surface area contributed by atoms with E-state index in [0.717, 1.165) is 11.3 Å². The standard InChI is InChI=1S/C6H9NO2.C2H6/c1-5-3-9-7-6(5)4-8-2;1-2/h3H,4H2,1-2H3;1-2H3. The Labute approximate surface area is 67.3 Å². The molecule has 0 bridgehead atoms. The highest BCUT2D eigenvalue weighted by molar-refractivity contribution is 5.10. The fourth-order valence-corrected chi connectivity index (χ4v) is 0.586. The van der Waals surface area contributed by atoms with Crippen LogP contribution >= 0.6 is 0 Å². The Balaban J connectivity index is 0.000000461. The minimum absolute atomic E-state index is 0.530. The molecule has 0 spiro atoms. The van der Waals surface area contributed by atoms with Crippen LogP contribution in [0.4, 0.5) is 0 Å². The van der Waals surface area contributed by atoms with Crippen LogP contribution in [0, 0.1) is 6.92 Å². The molecule has 1 heterocycles. The lowest BCUT2D eigenvalue weighted by molar-refractivity contribution is 0.177. The monoisotopic (exact) mass is 157 g/mol. The van der Waals surface area contributed by atoms with E-state index in [0.29, 0.717) is 6.61 Å². The topological polar surface area (TPSA) is 35.3 Å². The Bertz CT molecular complexity index is 184. The summed E-state index contributed by atoms with van der Waals surface area (Å²) in [5, 5.41) is 3.71. The predicted molar refractivity (Wildman–Crippen MR) is 43.3 cm³/mol. The maximum Gasteiger partial charge on any atom is 0.127 e. The molecule has 3 nitrogen and oxygen atoms in total. The molecule has 0 N–H and O–H groups in total. The van der Waals surface area contributed by atoms with Crippen molar-refractivity contribution in [3.63, 3.8) is 0 Å². The van der Waals surface area contributed by atoms with Gasteiger partial charge in [0.1, 0.15) is 12.0 Å². The molecule has 0 saturated heterocycles. The van der Waals surface area contributed by atoms with Crippen molar-refractivity contribution in [3.8, 4) is 0 Å². The Hall–Kier alpha value is -0.830. The third-order valence-corrected chi connectivity index (χ3v) is 1.13. The lowest BCUT2D eigenvalue weighted by Gasteiger charge is -1.90. The third kappa shape index (κ3) is 3.18. The molecule has 0 aromatic carbocycles. The van der Waals surface area contributed by atoms with E-state index < -0.39 is 0 Å². The Morgan fingerprint density at radius 3 is 2.55 bits per heavy atom. The van der Waals surface area contributed by atoms with Gasteiger partial charge >= 0.3 is 0 Å². The van der Waals surface area contributed by atoms with Crippen LogP contribution in [0.5, 0.6) is 0 Å². The van der Waals surface area contributed by atoms with Crippen LogP contribution in [-0.2, 0) is 11.3 Å². The molecule has 1 aromatic rings. The second-order valence-electron chi connectivity index (χ2n) is 1.88. The second-order valence-corrected chi connectivity index (χ2v) is 1.88. The summed E-state index contributed by atoms with van der Waals surface area (Å²) in [5.74, 6) is 0. The van der Waals surface area contributed by atoms with E-state index in [9.17, 15) is 0 Å². The van der Waals surface area contributed by atoms with Gasteiger partial charge in [-0.15, -0.1) is 0 Å². The highest BCUT2D eigenvalue weighted by Crippen LogP contribution is 2.04. The molecule has 0 amide bonds. The molecule has 0 aliphatic heterocycles. The number of rotatable bonds is 2. The zero-order valence-corrected chi connectivity index (χ0v) is 7.55. The van der Waals surface area contributed by atoms with Crippen molar-refractivity contribution in [2.75, 3.05) is 7.11 Å². The van der Waals surface area contributed by atoms with Gasteiger partial charge in [0.25, 0.3) is 0 Å². The van der Waals surface area contributed by atoms with E-state index in [-0.39, 0.29) is 0 Å². The number of nitrogens with zero attached hydrogens (tertiary/aromatic N) is 1.